The zero-order valence-electron chi connectivity index (χ0n) is 27.6. The maximum absolute atomic E-state index is 14.8. The van der Waals surface area contributed by atoms with Gasteiger partial charge in [0.1, 0.15) is 5.75 Å². The van der Waals surface area contributed by atoms with Gasteiger partial charge in [-0.25, -0.2) is 4.79 Å². The van der Waals surface area contributed by atoms with Gasteiger partial charge in [0.05, 0.1) is 5.56 Å². The highest BCUT2D eigenvalue weighted by molar-refractivity contribution is 7.80. The number of ether oxygens (including phenoxy) is 1. The molecule has 6 aliphatic rings. The van der Waals surface area contributed by atoms with E-state index in [9.17, 15) is 4.79 Å². The van der Waals surface area contributed by atoms with Crippen molar-refractivity contribution in [3.63, 3.8) is 0 Å². The molecule has 0 spiro atoms. The van der Waals surface area contributed by atoms with E-state index in [1.165, 1.54) is 99.3 Å². The van der Waals surface area contributed by atoms with Crippen molar-refractivity contribution in [1.82, 2.24) is 0 Å². The van der Waals surface area contributed by atoms with Gasteiger partial charge in [-0.15, -0.1) is 12.6 Å². The van der Waals surface area contributed by atoms with Crippen LogP contribution in [0.2, 0.25) is 0 Å². The number of carbonyl (C=O) groups excluding carboxylic acids is 1. The molecule has 6 aliphatic carbocycles. The third-order valence-corrected chi connectivity index (χ3v) is 14.5. The third-order valence-electron chi connectivity index (χ3n) is 14.0. The minimum Gasteiger partial charge on any atom is -0.423 e. The zero-order chi connectivity index (χ0) is 30.3. The van der Waals surface area contributed by atoms with E-state index in [4.69, 9.17) is 17.4 Å². The summed E-state index contributed by atoms with van der Waals surface area (Å²) in [5, 5.41) is 0. The second-order valence-corrected chi connectivity index (χ2v) is 17.2. The lowest BCUT2D eigenvalue weighted by atomic mass is 9.72. The lowest BCUT2D eigenvalue weighted by Crippen LogP contribution is -2.23. The molecule has 0 aliphatic heterocycles. The Kier molecular flexibility index (Phi) is 7.75. The van der Waals surface area contributed by atoms with E-state index in [0.29, 0.717) is 35.3 Å². The molecule has 10 atom stereocenters. The van der Waals surface area contributed by atoms with Gasteiger partial charge in [0.25, 0.3) is 0 Å². The molecule has 8 rings (SSSR count). The smallest absolute Gasteiger partial charge is 0.344 e. The number of hydrogen-bond donors (Lipinski definition) is 1. The van der Waals surface area contributed by atoms with E-state index in [-0.39, 0.29) is 5.97 Å². The molecule has 0 radical (unpaired) electrons. The predicted octanol–water partition coefficient (Wildman–Crippen LogP) is 11.5. The molecule has 10 unspecified atom stereocenters. The van der Waals surface area contributed by atoms with Crippen molar-refractivity contribution in [3.05, 3.63) is 57.6 Å². The summed E-state index contributed by atoms with van der Waals surface area (Å²) in [5.41, 5.74) is 7.73. The molecule has 0 amide bonds. The molecule has 2 aromatic rings. The molecule has 0 aromatic heterocycles. The van der Waals surface area contributed by atoms with Crippen LogP contribution in [0.3, 0.4) is 0 Å². The highest BCUT2D eigenvalue weighted by Gasteiger charge is 2.47. The maximum Gasteiger partial charge on any atom is 0.344 e. The molecule has 6 bridgehead atoms. The van der Waals surface area contributed by atoms with Crippen molar-refractivity contribution in [2.75, 3.05) is 0 Å². The van der Waals surface area contributed by atoms with Crippen LogP contribution in [0.25, 0.3) is 0 Å². The van der Waals surface area contributed by atoms with Gasteiger partial charge in [-0.05, 0) is 169 Å². The Bertz CT molecular complexity index is 1390. The lowest BCUT2D eigenvalue weighted by Gasteiger charge is -2.32. The summed E-state index contributed by atoms with van der Waals surface area (Å²) in [6.45, 7) is 8.93. The number of thiol groups is 1. The van der Waals surface area contributed by atoms with Gasteiger partial charge in [0, 0.05) is 4.90 Å². The Labute approximate surface area is 271 Å². The summed E-state index contributed by atoms with van der Waals surface area (Å²) < 4.78 is 6.58. The fourth-order valence-corrected chi connectivity index (χ4v) is 12.2. The summed E-state index contributed by atoms with van der Waals surface area (Å²) in [4.78, 5) is 15.9. The maximum atomic E-state index is 14.8. The van der Waals surface area contributed by atoms with Gasteiger partial charge < -0.3 is 4.74 Å². The first-order valence-corrected chi connectivity index (χ1v) is 19.0. The summed E-state index contributed by atoms with van der Waals surface area (Å²) in [6, 6.07) is 9.38. The number of esters is 1. The van der Waals surface area contributed by atoms with Crippen molar-refractivity contribution in [1.29, 1.82) is 0 Å². The summed E-state index contributed by atoms with van der Waals surface area (Å²) in [6.07, 6.45) is 17.4. The number of fused-ring (bicyclic) bond motifs is 6. The van der Waals surface area contributed by atoms with Gasteiger partial charge >= 0.3 is 5.97 Å². The number of carbonyl (C=O) groups is 1. The lowest BCUT2D eigenvalue weighted by molar-refractivity contribution is 0.0729. The van der Waals surface area contributed by atoms with Crippen LogP contribution in [-0.2, 0) is 0 Å². The quantitative estimate of drug-likeness (QED) is 0.183. The number of benzene rings is 2. The van der Waals surface area contributed by atoms with E-state index >= 15 is 0 Å². The van der Waals surface area contributed by atoms with Gasteiger partial charge in [-0.3, -0.25) is 0 Å². The van der Waals surface area contributed by atoms with E-state index < -0.39 is 0 Å². The standard InChI is InChI=1S/C41H54O2S/c1-5-23(4)33-21-31(20-32(22(2)3)40(33)44)43-41(42)39-37(35-16-25-7-10-28(35)13-25)18-30(34-15-24-6-9-27(34)12-24)19-38(39)36-17-26-8-11-29(36)14-26/h18-29,34-36,44H,5-17H2,1-4H3. The monoisotopic (exact) mass is 610 g/mol. The molecule has 0 N–H and O–H groups in total. The average molecular weight is 611 g/mol. The fraction of sp³-hybridized carbons (Fsp3) is 0.683. The van der Waals surface area contributed by atoms with Crippen molar-refractivity contribution in [3.8, 4) is 5.75 Å². The molecule has 3 heteroatoms. The molecule has 6 fully saturated rings. The molecule has 2 nitrogen and oxygen atoms in total. The molecule has 44 heavy (non-hydrogen) atoms. The molecule has 2 aromatic carbocycles. The van der Waals surface area contributed by atoms with E-state index in [2.05, 4.69) is 52.0 Å². The Morgan fingerprint density at radius 2 is 1.23 bits per heavy atom. The SMILES string of the molecule is CCC(C)c1cc(OC(=O)c2c(C3CC4CCC3C4)cc(C3CC4CCC3C4)cc2C2CC3CCC2C3)cc(C(C)C)c1S. The van der Waals surface area contributed by atoms with Crippen LogP contribution in [-0.4, -0.2) is 5.97 Å². The Morgan fingerprint density at radius 1 is 0.727 bits per heavy atom. The molecule has 0 saturated heterocycles. The first-order valence-electron chi connectivity index (χ1n) is 18.5. The Balaban J connectivity index is 1.25. The summed E-state index contributed by atoms with van der Waals surface area (Å²) in [7, 11) is 0. The number of hydrogen-bond acceptors (Lipinski definition) is 3. The third kappa shape index (κ3) is 5.01. The second-order valence-electron chi connectivity index (χ2n) is 16.7. The fourth-order valence-electron chi connectivity index (χ4n) is 11.6. The summed E-state index contributed by atoms with van der Waals surface area (Å²) in [5.74, 6) is 8.01. The number of rotatable bonds is 8. The Hall–Kier alpha value is -1.74. The van der Waals surface area contributed by atoms with Gasteiger partial charge in [-0.2, -0.15) is 0 Å². The summed E-state index contributed by atoms with van der Waals surface area (Å²) >= 11 is 4.98. The van der Waals surface area contributed by atoms with Crippen molar-refractivity contribution >= 4 is 18.6 Å². The first kappa shape index (κ1) is 29.6. The van der Waals surface area contributed by atoms with Crippen LogP contribution in [0.5, 0.6) is 5.75 Å². The predicted molar refractivity (Wildman–Crippen MR) is 182 cm³/mol. The largest absolute Gasteiger partial charge is 0.423 e. The van der Waals surface area contributed by atoms with E-state index in [0.717, 1.165) is 52.4 Å². The van der Waals surface area contributed by atoms with Crippen molar-refractivity contribution in [2.45, 2.75) is 146 Å². The first-order chi connectivity index (χ1) is 21.3. The van der Waals surface area contributed by atoms with Crippen molar-refractivity contribution in [2.24, 2.45) is 35.5 Å². The van der Waals surface area contributed by atoms with Crippen LogP contribution in [0.4, 0.5) is 0 Å². The van der Waals surface area contributed by atoms with Crippen molar-refractivity contribution < 1.29 is 9.53 Å². The minimum atomic E-state index is -0.0863. The van der Waals surface area contributed by atoms with Gasteiger partial charge in [0.2, 0.25) is 0 Å². The highest BCUT2D eigenvalue weighted by atomic mass is 32.1. The van der Waals surface area contributed by atoms with Crippen LogP contribution in [0, 0.1) is 35.5 Å². The van der Waals surface area contributed by atoms with Crippen LogP contribution < -0.4 is 4.74 Å². The highest BCUT2D eigenvalue weighted by Crippen LogP contribution is 2.59. The minimum absolute atomic E-state index is 0.0863. The molecular weight excluding hydrogens is 557 g/mol. The normalized spacial score (nSPS) is 35.7. The van der Waals surface area contributed by atoms with Gasteiger partial charge in [-0.1, -0.05) is 59.1 Å². The van der Waals surface area contributed by atoms with Gasteiger partial charge in [0.15, 0.2) is 0 Å². The van der Waals surface area contributed by atoms with E-state index in [1.54, 1.807) is 5.56 Å². The van der Waals surface area contributed by atoms with Crippen LogP contribution >= 0.6 is 12.6 Å². The average Bonchev–Trinajstić information content (AvgIpc) is 3.88. The second kappa shape index (κ2) is 11.5. The molecular formula is C41H54O2S. The molecule has 0 heterocycles. The molecule has 236 valence electrons. The zero-order valence-corrected chi connectivity index (χ0v) is 28.5. The topological polar surface area (TPSA) is 26.3 Å². The van der Waals surface area contributed by atoms with E-state index in [1.807, 2.05) is 0 Å². The molecule has 6 saturated carbocycles. The Morgan fingerprint density at radius 3 is 1.66 bits per heavy atom. The van der Waals surface area contributed by atoms with Crippen LogP contribution in [0.15, 0.2) is 29.2 Å². The van der Waals surface area contributed by atoms with Crippen LogP contribution in [0.1, 0.15) is 179 Å².